The summed E-state index contributed by atoms with van der Waals surface area (Å²) in [6, 6.07) is 14.5. The summed E-state index contributed by atoms with van der Waals surface area (Å²) in [7, 11) is 0. The van der Waals surface area contributed by atoms with E-state index >= 15 is 0 Å². The van der Waals surface area contributed by atoms with Crippen LogP contribution in [0.1, 0.15) is 16.8 Å². The van der Waals surface area contributed by atoms with Gasteiger partial charge in [0.15, 0.2) is 0 Å². The molecule has 3 aromatic rings. The van der Waals surface area contributed by atoms with Crippen LogP contribution in [0.3, 0.4) is 0 Å². The van der Waals surface area contributed by atoms with Crippen LogP contribution in [0.2, 0.25) is 5.02 Å². The summed E-state index contributed by atoms with van der Waals surface area (Å²) < 4.78 is 7.71. The predicted molar refractivity (Wildman–Crippen MR) is 96.9 cm³/mol. The Hall–Kier alpha value is -3.46. The second-order valence-corrected chi connectivity index (χ2v) is 5.78. The number of halogens is 1. The number of benzene rings is 2. The number of nitrogens with zero attached hydrogens (tertiary/aromatic N) is 6. The van der Waals surface area contributed by atoms with Crippen LogP contribution < -0.4 is 4.74 Å². The van der Waals surface area contributed by atoms with Crippen molar-refractivity contribution in [2.45, 2.75) is 13.1 Å². The number of para-hydroxylation sites is 1. The quantitative estimate of drug-likeness (QED) is 0.347. The normalized spacial score (nSPS) is 10.0. The molecule has 1 heterocycles. The van der Waals surface area contributed by atoms with Crippen LogP contribution in [0.15, 0.2) is 60.1 Å². The highest BCUT2D eigenvalue weighted by Crippen LogP contribution is 2.31. The lowest BCUT2D eigenvalue weighted by Gasteiger charge is -2.12. The zero-order valence-corrected chi connectivity index (χ0v) is 14.3. The van der Waals surface area contributed by atoms with E-state index in [0.717, 1.165) is 11.3 Å². The van der Waals surface area contributed by atoms with Gasteiger partial charge < -0.3 is 9.30 Å². The molecule has 0 aliphatic heterocycles. The molecule has 0 spiro atoms. The Labute approximate surface area is 154 Å². The van der Waals surface area contributed by atoms with E-state index in [1.54, 1.807) is 42.9 Å². The molecule has 1 aromatic heterocycles. The molecule has 0 bridgehead atoms. The van der Waals surface area contributed by atoms with Crippen molar-refractivity contribution in [3.8, 4) is 17.6 Å². The highest BCUT2D eigenvalue weighted by molar-refractivity contribution is 6.32. The van der Waals surface area contributed by atoms with Gasteiger partial charge in [0.2, 0.25) is 0 Å². The molecule has 128 valence electrons. The Morgan fingerprint density at radius 2 is 2.12 bits per heavy atom. The second kappa shape index (κ2) is 8.08. The molecule has 2 aromatic carbocycles. The second-order valence-electron chi connectivity index (χ2n) is 5.38. The molecule has 0 aliphatic carbocycles. The maximum Gasteiger partial charge on any atom is 0.146 e. The Morgan fingerprint density at radius 1 is 1.27 bits per heavy atom. The molecule has 0 radical (unpaired) electrons. The minimum atomic E-state index is 0.218. The van der Waals surface area contributed by atoms with Gasteiger partial charge in [-0.25, -0.2) is 4.98 Å². The van der Waals surface area contributed by atoms with Crippen LogP contribution in [0.25, 0.3) is 10.4 Å². The van der Waals surface area contributed by atoms with Gasteiger partial charge in [-0.2, -0.15) is 5.26 Å². The number of rotatable bonds is 6. The van der Waals surface area contributed by atoms with Crippen molar-refractivity contribution in [3.63, 3.8) is 0 Å². The number of nitriles is 1. The largest absolute Gasteiger partial charge is 0.454 e. The minimum Gasteiger partial charge on any atom is -0.454 e. The molecule has 7 nitrogen and oxygen atoms in total. The van der Waals surface area contributed by atoms with Crippen molar-refractivity contribution in [2.75, 3.05) is 0 Å². The molecule has 0 N–H and O–H groups in total. The maximum absolute atomic E-state index is 9.33. The first-order chi connectivity index (χ1) is 12.7. The smallest absolute Gasteiger partial charge is 0.146 e. The fourth-order valence-electron chi connectivity index (χ4n) is 2.41. The third-order valence-corrected chi connectivity index (χ3v) is 3.98. The third kappa shape index (κ3) is 3.95. The lowest BCUT2D eigenvalue weighted by atomic mass is 10.1. The third-order valence-electron chi connectivity index (χ3n) is 3.67. The molecular weight excluding hydrogens is 352 g/mol. The van der Waals surface area contributed by atoms with Gasteiger partial charge in [0.05, 0.1) is 23.5 Å². The molecule has 3 rings (SSSR count). The monoisotopic (exact) mass is 364 g/mol. The lowest BCUT2D eigenvalue weighted by Crippen LogP contribution is -2.03. The number of aromatic nitrogens is 2. The van der Waals surface area contributed by atoms with E-state index in [0.29, 0.717) is 28.6 Å². The fraction of sp³-hybridized carbons (Fsp3) is 0.111. The van der Waals surface area contributed by atoms with Gasteiger partial charge in [-0.15, -0.1) is 0 Å². The molecule has 0 saturated heterocycles. The molecule has 8 heteroatoms. The molecule has 0 saturated carbocycles. The Kier molecular flexibility index (Phi) is 5.40. The molecular formula is C18H13ClN6O. The van der Waals surface area contributed by atoms with Gasteiger partial charge in [-0.1, -0.05) is 34.9 Å². The molecule has 0 amide bonds. The first kappa shape index (κ1) is 17.4. The summed E-state index contributed by atoms with van der Waals surface area (Å²) in [4.78, 5) is 6.85. The highest BCUT2D eigenvalue weighted by Gasteiger charge is 2.10. The molecule has 26 heavy (non-hydrogen) atoms. The van der Waals surface area contributed by atoms with Gasteiger partial charge >= 0.3 is 0 Å². The van der Waals surface area contributed by atoms with E-state index in [4.69, 9.17) is 21.9 Å². The van der Waals surface area contributed by atoms with E-state index in [-0.39, 0.29) is 6.54 Å². The van der Waals surface area contributed by atoms with E-state index in [1.165, 1.54) is 0 Å². The summed E-state index contributed by atoms with van der Waals surface area (Å²) in [5.74, 6) is 0.907. The zero-order chi connectivity index (χ0) is 18.4. The molecule has 0 aliphatic rings. The van der Waals surface area contributed by atoms with Gasteiger partial charge in [0, 0.05) is 23.3 Å². The van der Waals surface area contributed by atoms with Crippen LogP contribution in [0, 0.1) is 11.3 Å². The fourth-order valence-corrected chi connectivity index (χ4v) is 2.59. The maximum atomic E-state index is 9.33. The van der Waals surface area contributed by atoms with Crippen molar-refractivity contribution in [3.05, 3.63) is 87.3 Å². The van der Waals surface area contributed by atoms with Crippen LogP contribution in [-0.2, 0) is 13.1 Å². The lowest BCUT2D eigenvalue weighted by molar-refractivity contribution is 0.480. The van der Waals surface area contributed by atoms with Crippen molar-refractivity contribution in [1.82, 2.24) is 9.55 Å². The first-order valence-corrected chi connectivity index (χ1v) is 8.04. The predicted octanol–water partition coefficient (Wildman–Crippen LogP) is 5.06. The average Bonchev–Trinajstić information content (AvgIpc) is 3.09. The standard InChI is InChI=1S/C18H13ClN6O/c19-16-3-1-2-4-17(16)26-18-7-13(5-6-14(18)8-20)11-25-12-22-9-15(25)10-23-24-21/h1-7,9,12H,10-11H2. The van der Waals surface area contributed by atoms with Crippen molar-refractivity contribution < 1.29 is 4.74 Å². The topological polar surface area (TPSA) is 99.6 Å². The van der Waals surface area contributed by atoms with Crippen LogP contribution in [0.5, 0.6) is 11.5 Å². The number of ether oxygens (including phenoxy) is 1. The van der Waals surface area contributed by atoms with Crippen molar-refractivity contribution in [1.29, 1.82) is 5.26 Å². The van der Waals surface area contributed by atoms with Crippen molar-refractivity contribution >= 4 is 11.6 Å². The number of hydrogen-bond acceptors (Lipinski definition) is 4. The summed E-state index contributed by atoms with van der Waals surface area (Å²) >= 11 is 6.13. The highest BCUT2D eigenvalue weighted by atomic mass is 35.5. The number of imidazole rings is 1. The van der Waals surface area contributed by atoms with Gasteiger partial charge in [-0.3, -0.25) is 0 Å². The Morgan fingerprint density at radius 3 is 2.88 bits per heavy atom. The van der Waals surface area contributed by atoms with E-state index in [9.17, 15) is 5.26 Å². The molecule has 0 atom stereocenters. The SMILES string of the molecule is N#Cc1ccc(Cn2cncc2CN=[N+]=[N-])cc1Oc1ccccc1Cl. The van der Waals surface area contributed by atoms with Crippen LogP contribution in [-0.4, -0.2) is 9.55 Å². The van der Waals surface area contributed by atoms with E-state index in [2.05, 4.69) is 21.1 Å². The van der Waals surface area contributed by atoms with Gasteiger partial charge in [0.25, 0.3) is 0 Å². The summed E-state index contributed by atoms with van der Waals surface area (Å²) in [5, 5.41) is 13.4. The van der Waals surface area contributed by atoms with Gasteiger partial charge in [0.1, 0.15) is 17.6 Å². The first-order valence-electron chi connectivity index (χ1n) is 7.66. The van der Waals surface area contributed by atoms with E-state index < -0.39 is 0 Å². The Bertz CT molecular complexity index is 1020. The summed E-state index contributed by atoms with van der Waals surface area (Å²) in [6.45, 7) is 0.719. The van der Waals surface area contributed by atoms with Crippen molar-refractivity contribution in [2.24, 2.45) is 5.11 Å². The van der Waals surface area contributed by atoms with Crippen LogP contribution in [0.4, 0.5) is 0 Å². The average molecular weight is 365 g/mol. The molecule has 0 fully saturated rings. The summed E-state index contributed by atoms with van der Waals surface area (Å²) in [5.41, 5.74) is 10.6. The number of hydrogen-bond donors (Lipinski definition) is 0. The minimum absolute atomic E-state index is 0.218. The molecule has 0 unspecified atom stereocenters. The number of azide groups is 1. The van der Waals surface area contributed by atoms with Crippen LogP contribution >= 0.6 is 11.6 Å². The summed E-state index contributed by atoms with van der Waals surface area (Å²) in [6.07, 6.45) is 3.31. The Balaban J connectivity index is 1.88. The zero-order valence-electron chi connectivity index (χ0n) is 13.6. The van der Waals surface area contributed by atoms with E-state index in [1.807, 2.05) is 16.7 Å². The van der Waals surface area contributed by atoms with Gasteiger partial charge in [-0.05, 0) is 35.4 Å².